The SMILES string of the molecule is C=C(CCCCOP(C)(=O)OCCCCC(=C)OCCOC(=O)C(=C)C)OCCOC(=O)C(=C)C. The van der Waals surface area contributed by atoms with Crippen LogP contribution in [0.2, 0.25) is 0 Å². The Hall–Kier alpha value is -2.35. The molecule has 0 saturated heterocycles. The zero-order valence-corrected chi connectivity index (χ0v) is 22.3. The van der Waals surface area contributed by atoms with Crippen LogP contribution in [0.15, 0.2) is 49.0 Å². The molecule has 9 nitrogen and oxygen atoms in total. The van der Waals surface area contributed by atoms with Crippen LogP contribution in [0.4, 0.5) is 0 Å². The molecule has 0 aromatic rings. The first-order chi connectivity index (χ1) is 16.4. The molecule has 0 bridgehead atoms. The molecule has 10 heteroatoms. The molecular formula is C25H41O9P. The van der Waals surface area contributed by atoms with E-state index in [1.807, 2.05) is 0 Å². The number of hydrogen-bond donors (Lipinski definition) is 0. The Kier molecular flexibility index (Phi) is 17.6. The molecule has 200 valence electrons. The molecule has 0 aliphatic heterocycles. The maximum atomic E-state index is 12.3. The van der Waals surface area contributed by atoms with Crippen molar-refractivity contribution in [2.45, 2.75) is 52.4 Å². The van der Waals surface area contributed by atoms with Gasteiger partial charge in [-0.25, -0.2) is 9.59 Å². The maximum Gasteiger partial charge on any atom is 0.333 e. The van der Waals surface area contributed by atoms with Gasteiger partial charge in [0.05, 0.1) is 24.7 Å². The Morgan fingerprint density at radius 2 is 0.943 bits per heavy atom. The van der Waals surface area contributed by atoms with Crippen LogP contribution in [0.3, 0.4) is 0 Å². The monoisotopic (exact) mass is 516 g/mol. The van der Waals surface area contributed by atoms with Crippen LogP contribution in [0, 0.1) is 0 Å². The lowest BCUT2D eigenvalue weighted by atomic mass is 10.2. The third-order valence-electron chi connectivity index (χ3n) is 4.29. The van der Waals surface area contributed by atoms with Gasteiger partial charge in [0.2, 0.25) is 0 Å². The highest BCUT2D eigenvalue weighted by Crippen LogP contribution is 2.44. The number of allylic oxidation sites excluding steroid dienone is 2. The van der Waals surface area contributed by atoms with Crippen molar-refractivity contribution in [3.8, 4) is 0 Å². The van der Waals surface area contributed by atoms with Crippen molar-refractivity contribution in [2.75, 3.05) is 46.3 Å². The highest BCUT2D eigenvalue weighted by atomic mass is 31.2. The van der Waals surface area contributed by atoms with Crippen LogP contribution in [0.1, 0.15) is 52.4 Å². The minimum atomic E-state index is -3.12. The van der Waals surface area contributed by atoms with Gasteiger partial charge >= 0.3 is 19.5 Å². The zero-order chi connectivity index (χ0) is 26.7. The summed E-state index contributed by atoms with van der Waals surface area (Å²) in [5.74, 6) is 0.284. The summed E-state index contributed by atoms with van der Waals surface area (Å²) < 4.78 is 43.8. The van der Waals surface area contributed by atoms with E-state index < -0.39 is 19.5 Å². The summed E-state index contributed by atoms with van der Waals surface area (Å²) >= 11 is 0. The van der Waals surface area contributed by atoms with E-state index in [0.29, 0.717) is 61.6 Å². The molecule has 0 aromatic heterocycles. The number of carbonyl (C=O) groups excluding carboxylic acids is 2. The van der Waals surface area contributed by atoms with Gasteiger partial charge in [0.25, 0.3) is 0 Å². The third-order valence-corrected chi connectivity index (χ3v) is 5.60. The second-order valence-electron chi connectivity index (χ2n) is 7.96. The van der Waals surface area contributed by atoms with Crippen LogP contribution >= 0.6 is 7.60 Å². The van der Waals surface area contributed by atoms with Crippen molar-refractivity contribution in [1.29, 1.82) is 0 Å². The van der Waals surface area contributed by atoms with Gasteiger partial charge in [0.1, 0.15) is 26.4 Å². The van der Waals surface area contributed by atoms with Gasteiger partial charge in [0, 0.05) is 30.7 Å². The molecule has 0 amide bonds. The predicted molar refractivity (Wildman–Crippen MR) is 135 cm³/mol. The smallest absolute Gasteiger partial charge is 0.333 e. The van der Waals surface area contributed by atoms with Crippen LogP contribution in [0.25, 0.3) is 0 Å². The molecular weight excluding hydrogens is 475 g/mol. The molecule has 0 aliphatic rings. The van der Waals surface area contributed by atoms with E-state index in [1.54, 1.807) is 13.8 Å². The van der Waals surface area contributed by atoms with Crippen molar-refractivity contribution < 1.29 is 42.1 Å². The fourth-order valence-electron chi connectivity index (χ4n) is 2.38. The van der Waals surface area contributed by atoms with Gasteiger partial charge in [-0.1, -0.05) is 26.3 Å². The van der Waals surface area contributed by atoms with Gasteiger partial charge in [-0.3, -0.25) is 4.57 Å². The Morgan fingerprint density at radius 1 is 0.600 bits per heavy atom. The molecule has 0 heterocycles. The fraction of sp³-hybridized carbons (Fsp3) is 0.600. The second-order valence-corrected chi connectivity index (χ2v) is 10.0. The summed E-state index contributed by atoms with van der Waals surface area (Å²) in [5.41, 5.74) is 0.683. The average Bonchev–Trinajstić information content (AvgIpc) is 2.78. The molecule has 0 aliphatic carbocycles. The van der Waals surface area contributed by atoms with Gasteiger partial charge in [-0.2, -0.15) is 0 Å². The van der Waals surface area contributed by atoms with E-state index >= 15 is 0 Å². The van der Waals surface area contributed by atoms with E-state index in [2.05, 4.69) is 26.3 Å². The van der Waals surface area contributed by atoms with Crippen molar-refractivity contribution in [2.24, 2.45) is 0 Å². The quantitative estimate of drug-likeness (QED) is 0.0607. The molecule has 0 unspecified atom stereocenters. The molecule has 0 spiro atoms. The average molecular weight is 517 g/mol. The molecule has 0 rings (SSSR count). The Balaban J connectivity index is 3.70. The molecule has 0 aromatic carbocycles. The minimum Gasteiger partial charge on any atom is -0.495 e. The first kappa shape index (κ1) is 32.7. The van der Waals surface area contributed by atoms with E-state index in [1.165, 1.54) is 6.66 Å². The van der Waals surface area contributed by atoms with Crippen molar-refractivity contribution in [3.63, 3.8) is 0 Å². The van der Waals surface area contributed by atoms with Crippen LogP contribution in [0.5, 0.6) is 0 Å². The van der Waals surface area contributed by atoms with E-state index in [9.17, 15) is 14.2 Å². The van der Waals surface area contributed by atoms with Crippen LogP contribution < -0.4 is 0 Å². The number of unbranched alkanes of at least 4 members (excludes halogenated alkanes) is 2. The first-order valence-electron chi connectivity index (χ1n) is 11.6. The normalized spacial score (nSPS) is 10.8. The van der Waals surface area contributed by atoms with Crippen LogP contribution in [-0.2, 0) is 42.1 Å². The highest BCUT2D eigenvalue weighted by Gasteiger charge is 2.16. The topological polar surface area (TPSA) is 107 Å². The summed E-state index contributed by atoms with van der Waals surface area (Å²) in [6.07, 6.45) is 4.09. The lowest BCUT2D eigenvalue weighted by molar-refractivity contribution is -0.140. The first-order valence-corrected chi connectivity index (χ1v) is 13.6. The van der Waals surface area contributed by atoms with Gasteiger partial charge in [-0.05, 0) is 39.5 Å². The van der Waals surface area contributed by atoms with Gasteiger partial charge in [0.15, 0.2) is 0 Å². The maximum absolute atomic E-state index is 12.3. The molecule has 35 heavy (non-hydrogen) atoms. The minimum absolute atomic E-state index is 0.137. The number of ether oxygens (including phenoxy) is 4. The number of rotatable bonds is 22. The number of esters is 2. The van der Waals surface area contributed by atoms with Crippen molar-refractivity contribution in [1.82, 2.24) is 0 Å². The van der Waals surface area contributed by atoms with Crippen LogP contribution in [-0.4, -0.2) is 58.2 Å². The Labute approximate surface area is 209 Å². The largest absolute Gasteiger partial charge is 0.495 e. The van der Waals surface area contributed by atoms with Gasteiger partial charge in [-0.15, -0.1) is 0 Å². The standard InChI is InChI=1S/C25H41O9P/c1-20(2)24(26)31-18-16-29-22(5)12-8-10-14-33-35(7,28)34-15-11-9-13-23(6)30-17-19-32-25(27)21(3)4/h1,3,5-6,8-19H2,2,4,7H3. The molecule has 0 saturated carbocycles. The summed E-state index contributed by atoms with van der Waals surface area (Å²) in [6.45, 7) is 20.6. The fourth-order valence-corrected chi connectivity index (χ4v) is 3.37. The molecule has 0 N–H and O–H groups in total. The van der Waals surface area contributed by atoms with Crippen molar-refractivity contribution >= 4 is 19.5 Å². The van der Waals surface area contributed by atoms with Gasteiger partial charge < -0.3 is 28.0 Å². The Bertz CT molecular complexity index is 713. The molecule has 0 radical (unpaired) electrons. The summed E-state index contributed by atoms with van der Waals surface area (Å²) in [5, 5.41) is 0. The molecule has 0 atom stereocenters. The lowest BCUT2D eigenvalue weighted by Gasteiger charge is -2.15. The van der Waals surface area contributed by atoms with E-state index in [-0.39, 0.29) is 26.4 Å². The summed E-state index contributed by atoms with van der Waals surface area (Å²) in [4.78, 5) is 22.5. The highest BCUT2D eigenvalue weighted by molar-refractivity contribution is 7.52. The van der Waals surface area contributed by atoms with Crippen molar-refractivity contribution in [3.05, 3.63) is 49.0 Å². The second kappa shape index (κ2) is 18.9. The zero-order valence-electron chi connectivity index (χ0n) is 21.4. The number of hydrogen-bond acceptors (Lipinski definition) is 9. The molecule has 0 fully saturated rings. The van der Waals surface area contributed by atoms with E-state index in [0.717, 1.165) is 12.8 Å². The lowest BCUT2D eigenvalue weighted by Crippen LogP contribution is -2.10. The summed E-state index contributed by atoms with van der Waals surface area (Å²) in [7, 11) is -3.12. The predicted octanol–water partition coefficient (Wildman–Crippen LogP) is 5.48. The number of carbonyl (C=O) groups is 2. The third kappa shape index (κ3) is 19.6. The Morgan fingerprint density at radius 3 is 1.29 bits per heavy atom. The summed E-state index contributed by atoms with van der Waals surface area (Å²) in [6, 6.07) is 0. The van der Waals surface area contributed by atoms with E-state index in [4.69, 9.17) is 28.0 Å².